The van der Waals surface area contributed by atoms with E-state index >= 15 is 0 Å². The molecule has 1 amide bonds. The number of benzene rings is 1. The Kier molecular flexibility index (Phi) is 5.10. The van der Waals surface area contributed by atoms with Crippen LogP contribution < -0.4 is 0 Å². The summed E-state index contributed by atoms with van der Waals surface area (Å²) in [5.74, 6) is 0.106. The van der Waals surface area contributed by atoms with E-state index in [0.717, 1.165) is 13.0 Å². The van der Waals surface area contributed by atoms with Crippen LogP contribution in [0.25, 0.3) is 5.57 Å². The Balaban J connectivity index is 1.55. The molecule has 124 valence electrons. The van der Waals surface area contributed by atoms with Gasteiger partial charge in [0.25, 0.3) is 0 Å². The maximum Gasteiger partial charge on any atom is 0.237 e. The smallest absolute Gasteiger partial charge is 0.237 e. The van der Waals surface area contributed by atoms with Gasteiger partial charge in [-0.05, 0) is 24.6 Å². The Hall–Kier alpha value is -1.69. The normalized spacial score (nSPS) is 24.8. The minimum Gasteiger partial charge on any atom is -0.389 e. The van der Waals surface area contributed by atoms with E-state index < -0.39 is 6.10 Å². The molecule has 5 heteroatoms. The van der Waals surface area contributed by atoms with Gasteiger partial charge in [0.15, 0.2) is 0 Å². The van der Waals surface area contributed by atoms with E-state index in [-0.39, 0.29) is 11.9 Å². The minimum absolute atomic E-state index is 0.0841. The molecule has 1 fully saturated rings. The predicted molar refractivity (Wildman–Crippen MR) is 88.9 cm³/mol. The van der Waals surface area contributed by atoms with Gasteiger partial charge in [-0.2, -0.15) is 0 Å². The van der Waals surface area contributed by atoms with Crippen LogP contribution in [0, 0.1) is 0 Å². The van der Waals surface area contributed by atoms with Gasteiger partial charge in [0.05, 0.1) is 31.9 Å². The standard InChI is InChI=1S/C18H24N2O3/c1-19(16-12-23-13-17(16)21)11-18(22)20-9-7-15(8-10-20)14-5-3-2-4-6-14/h2-7,16-17,21H,8-13H2,1H3/t16-,17-/m1/s1. The number of hydrogen-bond donors (Lipinski definition) is 1. The van der Waals surface area contributed by atoms with Crippen LogP contribution >= 0.6 is 0 Å². The molecule has 1 aromatic carbocycles. The fourth-order valence-corrected chi connectivity index (χ4v) is 3.19. The third-order valence-electron chi connectivity index (χ3n) is 4.68. The number of carbonyl (C=O) groups is 1. The molecule has 5 nitrogen and oxygen atoms in total. The Bertz CT molecular complexity index is 573. The number of likely N-dealkylation sites (N-methyl/N-ethyl adjacent to an activating group) is 1. The van der Waals surface area contributed by atoms with Gasteiger partial charge < -0.3 is 14.7 Å². The Morgan fingerprint density at radius 3 is 2.74 bits per heavy atom. The lowest BCUT2D eigenvalue weighted by atomic mass is 9.99. The van der Waals surface area contributed by atoms with E-state index in [2.05, 4.69) is 18.2 Å². The first-order chi connectivity index (χ1) is 11.1. The summed E-state index contributed by atoms with van der Waals surface area (Å²) in [5.41, 5.74) is 2.55. The van der Waals surface area contributed by atoms with Gasteiger partial charge in [-0.15, -0.1) is 0 Å². The number of amides is 1. The van der Waals surface area contributed by atoms with Crippen LogP contribution in [-0.4, -0.2) is 72.9 Å². The minimum atomic E-state index is -0.501. The molecule has 2 atom stereocenters. The zero-order chi connectivity index (χ0) is 16.2. The molecular weight excluding hydrogens is 292 g/mol. The zero-order valence-corrected chi connectivity index (χ0v) is 13.5. The van der Waals surface area contributed by atoms with Gasteiger partial charge in [0.2, 0.25) is 5.91 Å². The summed E-state index contributed by atoms with van der Waals surface area (Å²) in [6.07, 6.45) is 2.53. The van der Waals surface area contributed by atoms with Crippen molar-refractivity contribution in [2.24, 2.45) is 0 Å². The van der Waals surface area contributed by atoms with Crippen molar-refractivity contribution >= 4 is 11.5 Å². The first kappa shape index (κ1) is 16.2. The summed E-state index contributed by atoms with van der Waals surface area (Å²) in [6.45, 7) is 2.57. The molecule has 3 rings (SSSR count). The summed E-state index contributed by atoms with van der Waals surface area (Å²) in [5, 5.41) is 9.84. The van der Waals surface area contributed by atoms with E-state index in [1.165, 1.54) is 11.1 Å². The highest BCUT2D eigenvalue weighted by Gasteiger charge is 2.31. The molecule has 0 saturated carbocycles. The monoisotopic (exact) mass is 316 g/mol. The topological polar surface area (TPSA) is 53.0 Å². The van der Waals surface area contributed by atoms with Crippen LogP contribution in [0.3, 0.4) is 0 Å². The number of aliphatic hydroxyl groups excluding tert-OH is 1. The molecule has 0 bridgehead atoms. The average molecular weight is 316 g/mol. The molecule has 0 aromatic heterocycles. The molecule has 0 aliphatic carbocycles. The van der Waals surface area contributed by atoms with E-state index in [1.807, 2.05) is 35.0 Å². The lowest BCUT2D eigenvalue weighted by Gasteiger charge is -2.30. The molecule has 2 aliphatic heterocycles. The Labute approximate surface area is 137 Å². The van der Waals surface area contributed by atoms with Crippen LogP contribution in [0.2, 0.25) is 0 Å². The summed E-state index contributed by atoms with van der Waals surface area (Å²) in [7, 11) is 1.87. The van der Waals surface area contributed by atoms with Gasteiger partial charge in [0.1, 0.15) is 0 Å². The number of aliphatic hydroxyl groups is 1. The molecule has 0 radical (unpaired) electrons. The number of carbonyl (C=O) groups excluding carboxylic acids is 1. The molecule has 2 heterocycles. The molecule has 0 unspecified atom stereocenters. The highest BCUT2D eigenvalue weighted by atomic mass is 16.5. The lowest BCUT2D eigenvalue weighted by Crippen LogP contribution is -2.47. The number of hydrogen-bond acceptors (Lipinski definition) is 4. The summed E-state index contributed by atoms with van der Waals surface area (Å²) < 4.78 is 5.25. The average Bonchev–Trinajstić information content (AvgIpc) is 3.02. The lowest BCUT2D eigenvalue weighted by molar-refractivity contribution is -0.132. The molecular formula is C18H24N2O3. The van der Waals surface area contributed by atoms with Crippen molar-refractivity contribution in [3.63, 3.8) is 0 Å². The maximum atomic E-state index is 12.4. The van der Waals surface area contributed by atoms with Crippen LogP contribution in [0.1, 0.15) is 12.0 Å². The van der Waals surface area contributed by atoms with E-state index in [9.17, 15) is 9.90 Å². The van der Waals surface area contributed by atoms with Gasteiger partial charge in [0, 0.05) is 13.1 Å². The first-order valence-electron chi connectivity index (χ1n) is 8.13. The number of ether oxygens (including phenoxy) is 1. The van der Waals surface area contributed by atoms with Crippen molar-refractivity contribution in [3.05, 3.63) is 42.0 Å². The molecule has 0 spiro atoms. The molecule has 1 saturated heterocycles. The quantitative estimate of drug-likeness (QED) is 0.900. The van der Waals surface area contributed by atoms with Crippen LogP contribution in [0.5, 0.6) is 0 Å². The van der Waals surface area contributed by atoms with E-state index in [4.69, 9.17) is 4.74 Å². The van der Waals surface area contributed by atoms with Crippen molar-refractivity contribution < 1.29 is 14.6 Å². The fraction of sp³-hybridized carbons (Fsp3) is 0.500. The zero-order valence-electron chi connectivity index (χ0n) is 13.5. The summed E-state index contributed by atoms with van der Waals surface area (Å²) in [6, 6.07) is 10.2. The van der Waals surface area contributed by atoms with Crippen LogP contribution in [0.15, 0.2) is 36.4 Å². The maximum absolute atomic E-state index is 12.4. The SMILES string of the molecule is CN(CC(=O)N1CC=C(c2ccccc2)CC1)[C@@H]1COC[C@H]1O. The highest BCUT2D eigenvalue weighted by Crippen LogP contribution is 2.22. The van der Waals surface area contributed by atoms with Crippen LogP contribution in [-0.2, 0) is 9.53 Å². The molecule has 23 heavy (non-hydrogen) atoms. The fourth-order valence-electron chi connectivity index (χ4n) is 3.19. The van der Waals surface area contributed by atoms with Gasteiger partial charge >= 0.3 is 0 Å². The van der Waals surface area contributed by atoms with Crippen molar-refractivity contribution in [1.29, 1.82) is 0 Å². The molecule has 1 N–H and O–H groups in total. The highest BCUT2D eigenvalue weighted by molar-refractivity contribution is 5.80. The van der Waals surface area contributed by atoms with Crippen molar-refractivity contribution in [3.8, 4) is 0 Å². The second kappa shape index (κ2) is 7.25. The Morgan fingerprint density at radius 2 is 2.13 bits per heavy atom. The number of rotatable bonds is 4. The Morgan fingerprint density at radius 1 is 1.35 bits per heavy atom. The molecule has 1 aromatic rings. The third kappa shape index (κ3) is 3.80. The number of nitrogens with zero attached hydrogens (tertiary/aromatic N) is 2. The van der Waals surface area contributed by atoms with Gasteiger partial charge in [-0.1, -0.05) is 36.4 Å². The van der Waals surface area contributed by atoms with Crippen molar-refractivity contribution in [2.45, 2.75) is 18.6 Å². The van der Waals surface area contributed by atoms with Gasteiger partial charge in [-0.3, -0.25) is 9.69 Å². The summed E-state index contributed by atoms with van der Waals surface area (Å²) >= 11 is 0. The summed E-state index contributed by atoms with van der Waals surface area (Å²) in [4.78, 5) is 16.2. The van der Waals surface area contributed by atoms with Crippen molar-refractivity contribution in [1.82, 2.24) is 9.80 Å². The first-order valence-corrected chi connectivity index (χ1v) is 8.13. The third-order valence-corrected chi connectivity index (χ3v) is 4.68. The van der Waals surface area contributed by atoms with E-state index in [0.29, 0.717) is 26.3 Å². The predicted octanol–water partition coefficient (Wildman–Crippen LogP) is 0.994. The van der Waals surface area contributed by atoms with Gasteiger partial charge in [-0.25, -0.2) is 0 Å². The largest absolute Gasteiger partial charge is 0.389 e. The van der Waals surface area contributed by atoms with E-state index in [1.54, 1.807) is 0 Å². The van der Waals surface area contributed by atoms with Crippen LogP contribution in [0.4, 0.5) is 0 Å². The van der Waals surface area contributed by atoms with Crippen molar-refractivity contribution in [2.75, 3.05) is 39.9 Å². The second-order valence-corrected chi connectivity index (χ2v) is 6.27. The second-order valence-electron chi connectivity index (χ2n) is 6.27. The molecule has 2 aliphatic rings.